The molecule has 0 radical (unpaired) electrons. The number of carbonyl (C=O) groups is 1. The van der Waals surface area contributed by atoms with Gasteiger partial charge in [0, 0.05) is 11.8 Å². The highest BCUT2D eigenvalue weighted by atomic mass is 35.5. The van der Waals surface area contributed by atoms with Gasteiger partial charge in [-0.3, -0.25) is 4.40 Å². The SMILES string of the molecule is COC(=O)c1cccn2c(-c3ccc(O)cc3)nc(Cl)c12. The van der Waals surface area contributed by atoms with Gasteiger partial charge in [0.25, 0.3) is 0 Å². The Balaban J connectivity index is 2.27. The fourth-order valence-corrected chi connectivity index (χ4v) is 2.46. The second kappa shape index (κ2) is 5.10. The highest BCUT2D eigenvalue weighted by Gasteiger charge is 2.18. The molecular formula is C15H11ClN2O3. The van der Waals surface area contributed by atoms with Gasteiger partial charge in [-0.1, -0.05) is 11.6 Å². The second-order valence-corrected chi connectivity index (χ2v) is 4.76. The lowest BCUT2D eigenvalue weighted by Gasteiger charge is -2.04. The number of nitrogens with zero attached hydrogens (tertiary/aromatic N) is 2. The van der Waals surface area contributed by atoms with E-state index >= 15 is 0 Å². The summed E-state index contributed by atoms with van der Waals surface area (Å²) in [5.74, 6) is 0.279. The Bertz CT molecular complexity index is 825. The van der Waals surface area contributed by atoms with E-state index in [1.165, 1.54) is 7.11 Å². The van der Waals surface area contributed by atoms with Gasteiger partial charge in [-0.2, -0.15) is 0 Å². The standard InChI is InChI=1S/C15H11ClN2O3/c1-21-15(20)11-3-2-8-18-12(11)13(16)17-14(18)9-4-6-10(19)7-5-9/h2-8,19H,1H3. The molecule has 6 heteroatoms. The van der Waals surface area contributed by atoms with Crippen LogP contribution in [0.2, 0.25) is 5.15 Å². The van der Waals surface area contributed by atoms with Crippen LogP contribution in [0.3, 0.4) is 0 Å². The predicted octanol–water partition coefficient (Wildman–Crippen LogP) is 3.15. The van der Waals surface area contributed by atoms with Crippen LogP contribution in [0.15, 0.2) is 42.6 Å². The molecule has 0 spiro atoms. The number of fused-ring (bicyclic) bond motifs is 1. The lowest BCUT2D eigenvalue weighted by molar-refractivity contribution is 0.0602. The van der Waals surface area contributed by atoms with Crippen molar-refractivity contribution in [2.75, 3.05) is 7.11 Å². The summed E-state index contributed by atoms with van der Waals surface area (Å²) < 4.78 is 6.48. The highest BCUT2D eigenvalue weighted by Crippen LogP contribution is 2.29. The second-order valence-electron chi connectivity index (χ2n) is 4.41. The fourth-order valence-electron chi connectivity index (χ4n) is 2.18. The summed E-state index contributed by atoms with van der Waals surface area (Å²) in [4.78, 5) is 16.1. The number of rotatable bonds is 2. The van der Waals surface area contributed by atoms with Crippen LogP contribution in [0.4, 0.5) is 0 Å². The molecule has 0 aliphatic carbocycles. The molecule has 0 fully saturated rings. The number of hydrogen-bond donors (Lipinski definition) is 1. The first-order valence-corrected chi connectivity index (χ1v) is 6.54. The van der Waals surface area contributed by atoms with E-state index in [0.29, 0.717) is 16.9 Å². The number of carbonyl (C=O) groups excluding carboxylic acids is 1. The first kappa shape index (κ1) is 13.5. The Morgan fingerprint density at radius 1 is 1.29 bits per heavy atom. The molecule has 0 amide bonds. The Kier molecular flexibility index (Phi) is 3.27. The van der Waals surface area contributed by atoms with Crippen molar-refractivity contribution in [2.45, 2.75) is 0 Å². The zero-order chi connectivity index (χ0) is 15.0. The average molecular weight is 303 g/mol. The van der Waals surface area contributed by atoms with Crippen molar-refractivity contribution < 1.29 is 14.6 Å². The summed E-state index contributed by atoms with van der Waals surface area (Å²) in [5.41, 5.74) is 1.62. The summed E-state index contributed by atoms with van der Waals surface area (Å²) in [5, 5.41) is 9.58. The topological polar surface area (TPSA) is 63.8 Å². The number of phenols is 1. The van der Waals surface area contributed by atoms with Gasteiger partial charge in [0.05, 0.1) is 18.2 Å². The summed E-state index contributed by atoms with van der Waals surface area (Å²) in [6.45, 7) is 0. The number of methoxy groups -OCH3 is 1. The van der Waals surface area contributed by atoms with Crippen LogP contribution in [0.5, 0.6) is 5.75 Å². The van der Waals surface area contributed by atoms with Crippen LogP contribution in [0, 0.1) is 0 Å². The van der Waals surface area contributed by atoms with Crippen molar-refractivity contribution in [3.05, 3.63) is 53.3 Å². The number of ether oxygens (including phenoxy) is 1. The maximum absolute atomic E-state index is 11.8. The van der Waals surface area contributed by atoms with Gasteiger partial charge >= 0.3 is 5.97 Å². The van der Waals surface area contributed by atoms with Gasteiger partial charge in [0.1, 0.15) is 11.6 Å². The van der Waals surface area contributed by atoms with Crippen LogP contribution in [-0.2, 0) is 4.74 Å². The van der Waals surface area contributed by atoms with Gasteiger partial charge in [0.15, 0.2) is 5.15 Å². The average Bonchev–Trinajstić information content (AvgIpc) is 2.85. The number of aromatic nitrogens is 2. The van der Waals surface area contributed by atoms with E-state index < -0.39 is 5.97 Å². The molecule has 3 rings (SSSR count). The fraction of sp³-hybridized carbons (Fsp3) is 0.0667. The quantitative estimate of drug-likeness (QED) is 0.739. The Hall–Kier alpha value is -2.53. The van der Waals surface area contributed by atoms with Crippen molar-refractivity contribution in [2.24, 2.45) is 0 Å². The molecular weight excluding hydrogens is 292 g/mol. The number of phenolic OH excluding ortho intramolecular Hbond substituents is 1. The number of esters is 1. The third-order valence-electron chi connectivity index (χ3n) is 3.15. The summed E-state index contributed by atoms with van der Waals surface area (Å²) in [6, 6.07) is 9.94. The zero-order valence-corrected chi connectivity index (χ0v) is 11.8. The minimum atomic E-state index is -0.473. The molecule has 0 atom stereocenters. The molecule has 0 bridgehead atoms. The highest BCUT2D eigenvalue weighted by molar-refractivity contribution is 6.33. The molecule has 3 aromatic rings. The molecule has 2 heterocycles. The predicted molar refractivity (Wildman–Crippen MR) is 78.6 cm³/mol. The normalized spacial score (nSPS) is 10.8. The summed E-state index contributed by atoms with van der Waals surface area (Å²) >= 11 is 6.18. The van der Waals surface area contributed by atoms with Gasteiger partial charge in [-0.05, 0) is 36.4 Å². The first-order chi connectivity index (χ1) is 10.1. The molecule has 106 valence electrons. The van der Waals surface area contributed by atoms with Gasteiger partial charge in [-0.25, -0.2) is 9.78 Å². The number of halogens is 1. The lowest BCUT2D eigenvalue weighted by atomic mass is 10.2. The molecule has 0 unspecified atom stereocenters. The molecule has 0 aliphatic rings. The Morgan fingerprint density at radius 3 is 2.67 bits per heavy atom. The minimum absolute atomic E-state index is 0.168. The number of pyridine rings is 1. The third kappa shape index (κ3) is 2.21. The zero-order valence-electron chi connectivity index (χ0n) is 11.1. The van der Waals surface area contributed by atoms with Crippen molar-refractivity contribution in [3.8, 4) is 17.1 Å². The van der Waals surface area contributed by atoms with Gasteiger partial charge in [0.2, 0.25) is 0 Å². The largest absolute Gasteiger partial charge is 0.508 e. The number of hydrogen-bond acceptors (Lipinski definition) is 4. The molecule has 0 saturated heterocycles. The third-order valence-corrected chi connectivity index (χ3v) is 3.42. The van der Waals surface area contributed by atoms with Gasteiger partial charge in [-0.15, -0.1) is 0 Å². The van der Waals surface area contributed by atoms with Crippen molar-refractivity contribution >= 4 is 23.1 Å². The van der Waals surface area contributed by atoms with Crippen LogP contribution in [-0.4, -0.2) is 27.6 Å². The van der Waals surface area contributed by atoms with Crippen molar-refractivity contribution in [3.63, 3.8) is 0 Å². The molecule has 1 N–H and O–H groups in total. The smallest absolute Gasteiger partial charge is 0.340 e. The summed E-state index contributed by atoms with van der Waals surface area (Å²) in [6.07, 6.45) is 1.77. The van der Waals surface area contributed by atoms with E-state index in [4.69, 9.17) is 16.3 Å². The number of aromatic hydroxyl groups is 1. The summed E-state index contributed by atoms with van der Waals surface area (Å²) in [7, 11) is 1.32. The molecule has 0 saturated carbocycles. The van der Waals surface area contributed by atoms with Crippen LogP contribution in [0.1, 0.15) is 10.4 Å². The molecule has 2 aromatic heterocycles. The maximum Gasteiger partial charge on any atom is 0.340 e. The molecule has 1 aromatic carbocycles. The number of imidazole rings is 1. The van der Waals surface area contributed by atoms with Crippen LogP contribution in [0.25, 0.3) is 16.9 Å². The van der Waals surface area contributed by atoms with E-state index in [1.807, 2.05) is 0 Å². The minimum Gasteiger partial charge on any atom is -0.508 e. The van der Waals surface area contributed by atoms with E-state index in [1.54, 1.807) is 47.0 Å². The van der Waals surface area contributed by atoms with Crippen LogP contribution < -0.4 is 0 Å². The monoisotopic (exact) mass is 302 g/mol. The lowest BCUT2D eigenvalue weighted by Crippen LogP contribution is -2.03. The van der Waals surface area contributed by atoms with E-state index in [9.17, 15) is 9.90 Å². The molecule has 0 aliphatic heterocycles. The molecule has 5 nitrogen and oxygen atoms in total. The first-order valence-electron chi connectivity index (χ1n) is 6.16. The Labute approximate surface area is 125 Å². The maximum atomic E-state index is 11.8. The van der Waals surface area contributed by atoms with Crippen molar-refractivity contribution in [1.82, 2.24) is 9.38 Å². The van der Waals surface area contributed by atoms with Crippen molar-refractivity contribution in [1.29, 1.82) is 0 Å². The number of benzene rings is 1. The Morgan fingerprint density at radius 2 is 2.00 bits per heavy atom. The van der Waals surface area contributed by atoms with E-state index in [2.05, 4.69) is 4.98 Å². The van der Waals surface area contributed by atoms with E-state index in [-0.39, 0.29) is 10.9 Å². The molecule has 21 heavy (non-hydrogen) atoms. The van der Waals surface area contributed by atoms with Gasteiger partial charge < -0.3 is 9.84 Å². The van der Waals surface area contributed by atoms with Crippen LogP contribution >= 0.6 is 11.6 Å². The van der Waals surface area contributed by atoms with E-state index in [0.717, 1.165) is 5.56 Å².